The zero-order chi connectivity index (χ0) is 15.9. The fourth-order valence-electron chi connectivity index (χ4n) is 1.56. The second-order valence-electron chi connectivity index (χ2n) is 4.23. The van der Waals surface area contributed by atoms with E-state index in [1.54, 1.807) is 36.4 Å². The van der Waals surface area contributed by atoms with Crippen molar-refractivity contribution in [2.24, 2.45) is 5.10 Å². The molecule has 6 nitrogen and oxygen atoms in total. The molecule has 2 aromatic rings. The Morgan fingerprint density at radius 3 is 2.59 bits per heavy atom. The Morgan fingerprint density at radius 2 is 1.86 bits per heavy atom. The van der Waals surface area contributed by atoms with E-state index in [4.69, 9.17) is 0 Å². The highest BCUT2D eigenvalue weighted by molar-refractivity contribution is 9.10. The molecule has 0 saturated heterocycles. The number of benzene rings is 2. The van der Waals surface area contributed by atoms with E-state index in [0.717, 1.165) is 0 Å². The molecule has 0 aromatic heterocycles. The molecule has 0 aliphatic rings. The Morgan fingerprint density at radius 1 is 1.09 bits per heavy atom. The number of halogens is 1. The highest BCUT2D eigenvalue weighted by Gasteiger charge is 2.13. The molecule has 0 radical (unpaired) electrons. The molecule has 0 spiro atoms. The van der Waals surface area contributed by atoms with E-state index in [1.165, 1.54) is 18.3 Å². The van der Waals surface area contributed by atoms with Gasteiger partial charge in [-0.05, 0) is 45.8 Å². The Bertz CT molecular complexity index is 731. The smallest absolute Gasteiger partial charge is 0.329 e. The standard InChI is InChI=1S/C15H12BrN3O3/c16-12-6-1-2-7-13(12)18-14(21)15(22)19-17-9-10-4-3-5-11(20)8-10/h1-9,20H,(H,18,21)(H,19,22)/b17-9-. The minimum absolute atomic E-state index is 0.0851. The van der Waals surface area contributed by atoms with Gasteiger partial charge in [-0.25, -0.2) is 5.43 Å². The maximum absolute atomic E-state index is 11.7. The van der Waals surface area contributed by atoms with Crippen LogP contribution in [0, 0.1) is 0 Å². The van der Waals surface area contributed by atoms with Crippen LogP contribution in [-0.2, 0) is 9.59 Å². The van der Waals surface area contributed by atoms with Crippen LogP contribution >= 0.6 is 15.9 Å². The van der Waals surface area contributed by atoms with Gasteiger partial charge in [0.05, 0.1) is 11.9 Å². The maximum Gasteiger partial charge on any atom is 0.329 e. The quantitative estimate of drug-likeness (QED) is 0.444. The summed E-state index contributed by atoms with van der Waals surface area (Å²) in [5, 5.41) is 15.4. The van der Waals surface area contributed by atoms with Gasteiger partial charge in [-0.2, -0.15) is 5.10 Å². The number of nitrogens with zero attached hydrogens (tertiary/aromatic N) is 1. The molecule has 0 aliphatic carbocycles. The molecule has 0 bridgehead atoms. The summed E-state index contributed by atoms with van der Waals surface area (Å²) in [6, 6.07) is 13.2. The van der Waals surface area contributed by atoms with E-state index >= 15 is 0 Å². The number of nitrogens with one attached hydrogen (secondary N) is 2. The Hall–Kier alpha value is -2.67. The first kappa shape index (κ1) is 15.7. The lowest BCUT2D eigenvalue weighted by molar-refractivity contribution is -0.136. The summed E-state index contributed by atoms with van der Waals surface area (Å²) in [4.78, 5) is 23.3. The molecular weight excluding hydrogens is 350 g/mol. The van der Waals surface area contributed by atoms with Gasteiger partial charge in [0.1, 0.15) is 5.75 Å². The van der Waals surface area contributed by atoms with Gasteiger partial charge in [-0.3, -0.25) is 9.59 Å². The number of anilines is 1. The van der Waals surface area contributed by atoms with Crippen LogP contribution < -0.4 is 10.7 Å². The SMILES string of the molecule is O=C(N/N=C\c1cccc(O)c1)C(=O)Nc1ccccc1Br. The third kappa shape index (κ3) is 4.42. The van der Waals surface area contributed by atoms with Crippen molar-refractivity contribution in [1.82, 2.24) is 5.43 Å². The molecule has 0 unspecified atom stereocenters. The lowest BCUT2D eigenvalue weighted by atomic mass is 10.2. The minimum Gasteiger partial charge on any atom is -0.508 e. The summed E-state index contributed by atoms with van der Waals surface area (Å²) in [6.07, 6.45) is 1.32. The highest BCUT2D eigenvalue weighted by atomic mass is 79.9. The van der Waals surface area contributed by atoms with Crippen molar-refractivity contribution in [2.45, 2.75) is 0 Å². The number of hydrazone groups is 1. The van der Waals surface area contributed by atoms with Crippen LogP contribution in [-0.4, -0.2) is 23.1 Å². The molecule has 112 valence electrons. The largest absolute Gasteiger partial charge is 0.508 e. The highest BCUT2D eigenvalue weighted by Crippen LogP contribution is 2.20. The Labute approximate surface area is 135 Å². The first-order chi connectivity index (χ1) is 10.6. The molecule has 0 aliphatic heterocycles. The van der Waals surface area contributed by atoms with E-state index in [1.807, 2.05) is 0 Å². The van der Waals surface area contributed by atoms with E-state index in [2.05, 4.69) is 31.8 Å². The van der Waals surface area contributed by atoms with Crippen molar-refractivity contribution in [3.63, 3.8) is 0 Å². The van der Waals surface area contributed by atoms with Crippen LogP contribution in [0.2, 0.25) is 0 Å². The molecule has 0 atom stereocenters. The number of phenols is 1. The van der Waals surface area contributed by atoms with Gasteiger partial charge in [0.25, 0.3) is 0 Å². The third-order valence-corrected chi connectivity index (χ3v) is 3.27. The van der Waals surface area contributed by atoms with Gasteiger partial charge in [-0.15, -0.1) is 0 Å². The summed E-state index contributed by atoms with van der Waals surface area (Å²) in [7, 11) is 0. The van der Waals surface area contributed by atoms with Crippen molar-refractivity contribution in [3.8, 4) is 5.75 Å². The fraction of sp³-hybridized carbons (Fsp3) is 0. The normalized spacial score (nSPS) is 10.4. The van der Waals surface area contributed by atoms with E-state index in [-0.39, 0.29) is 5.75 Å². The van der Waals surface area contributed by atoms with Crippen LogP contribution in [0.15, 0.2) is 58.1 Å². The molecule has 2 amide bonds. The van der Waals surface area contributed by atoms with E-state index in [0.29, 0.717) is 15.7 Å². The average molecular weight is 362 g/mol. The summed E-state index contributed by atoms with van der Waals surface area (Å²) >= 11 is 3.26. The first-order valence-electron chi connectivity index (χ1n) is 6.24. The van der Waals surface area contributed by atoms with Gasteiger partial charge in [0.2, 0.25) is 0 Å². The molecule has 7 heteroatoms. The number of amides is 2. The van der Waals surface area contributed by atoms with Crippen molar-refractivity contribution in [1.29, 1.82) is 0 Å². The monoisotopic (exact) mass is 361 g/mol. The molecule has 3 N–H and O–H groups in total. The zero-order valence-electron chi connectivity index (χ0n) is 11.3. The number of aromatic hydroxyl groups is 1. The molecule has 22 heavy (non-hydrogen) atoms. The minimum atomic E-state index is -0.896. The second kappa shape index (κ2) is 7.37. The van der Waals surface area contributed by atoms with Crippen LogP contribution in [0.4, 0.5) is 5.69 Å². The van der Waals surface area contributed by atoms with Gasteiger partial charge < -0.3 is 10.4 Å². The number of rotatable bonds is 3. The van der Waals surface area contributed by atoms with Crippen LogP contribution in [0.3, 0.4) is 0 Å². The van der Waals surface area contributed by atoms with E-state index in [9.17, 15) is 14.7 Å². The molecular formula is C15H12BrN3O3. The van der Waals surface area contributed by atoms with Crippen molar-refractivity contribution < 1.29 is 14.7 Å². The zero-order valence-corrected chi connectivity index (χ0v) is 12.9. The first-order valence-corrected chi connectivity index (χ1v) is 7.03. The fourth-order valence-corrected chi connectivity index (χ4v) is 1.95. The number of phenolic OH excluding ortho intramolecular Hbond substituents is 1. The number of para-hydroxylation sites is 1. The predicted octanol–water partition coefficient (Wildman–Crippen LogP) is 2.24. The number of carbonyl (C=O) groups is 2. The molecule has 0 fully saturated rings. The molecule has 0 saturated carbocycles. The summed E-state index contributed by atoms with van der Waals surface area (Å²) < 4.78 is 0.666. The van der Waals surface area contributed by atoms with Crippen LogP contribution in [0.5, 0.6) is 5.75 Å². The predicted molar refractivity (Wildman–Crippen MR) is 86.6 cm³/mol. The third-order valence-electron chi connectivity index (χ3n) is 2.58. The van der Waals surface area contributed by atoms with Gasteiger partial charge in [-0.1, -0.05) is 24.3 Å². The van der Waals surface area contributed by atoms with Gasteiger partial charge >= 0.3 is 11.8 Å². The topological polar surface area (TPSA) is 90.8 Å². The van der Waals surface area contributed by atoms with Gasteiger partial charge in [0, 0.05) is 4.47 Å². The van der Waals surface area contributed by atoms with Crippen LogP contribution in [0.25, 0.3) is 0 Å². The lowest BCUT2D eigenvalue weighted by Crippen LogP contribution is -2.32. The number of hydrogen-bond acceptors (Lipinski definition) is 4. The summed E-state index contributed by atoms with van der Waals surface area (Å²) in [6.45, 7) is 0. The van der Waals surface area contributed by atoms with Crippen molar-refractivity contribution in [3.05, 3.63) is 58.6 Å². The second-order valence-corrected chi connectivity index (χ2v) is 5.08. The summed E-state index contributed by atoms with van der Waals surface area (Å²) in [5.74, 6) is -1.64. The Kier molecular flexibility index (Phi) is 5.26. The Balaban J connectivity index is 1.92. The van der Waals surface area contributed by atoms with Gasteiger partial charge in [0.15, 0.2) is 0 Å². The average Bonchev–Trinajstić information content (AvgIpc) is 2.49. The van der Waals surface area contributed by atoms with E-state index < -0.39 is 11.8 Å². The summed E-state index contributed by atoms with van der Waals surface area (Å²) in [5.41, 5.74) is 3.19. The number of hydrogen-bond donors (Lipinski definition) is 3. The lowest BCUT2D eigenvalue weighted by Gasteiger charge is -2.05. The molecule has 0 heterocycles. The molecule has 2 rings (SSSR count). The van der Waals surface area contributed by atoms with Crippen molar-refractivity contribution >= 4 is 39.6 Å². The van der Waals surface area contributed by atoms with Crippen LogP contribution in [0.1, 0.15) is 5.56 Å². The van der Waals surface area contributed by atoms with Crippen molar-refractivity contribution in [2.75, 3.05) is 5.32 Å². The maximum atomic E-state index is 11.7. The number of carbonyl (C=O) groups excluding carboxylic acids is 2. The molecule has 2 aromatic carbocycles.